The Kier molecular flexibility index (Phi) is 5.85. The largest absolute Gasteiger partial charge is 0.491 e. The Morgan fingerprint density at radius 3 is 2.57 bits per heavy atom. The zero-order valence-corrected chi connectivity index (χ0v) is 13.9. The number of benzene rings is 1. The lowest BCUT2D eigenvalue weighted by Gasteiger charge is -2.18. The van der Waals surface area contributed by atoms with Gasteiger partial charge in [-0.1, -0.05) is 25.4 Å². The average molecular weight is 341 g/mol. The van der Waals surface area contributed by atoms with Crippen molar-refractivity contribution in [2.75, 3.05) is 13.2 Å². The van der Waals surface area contributed by atoms with Crippen LogP contribution in [0.3, 0.4) is 0 Å². The first-order chi connectivity index (χ1) is 10.9. The molecule has 0 bridgehead atoms. The second kappa shape index (κ2) is 7.66. The number of nitrogens with zero attached hydrogens (tertiary/aromatic N) is 1. The summed E-state index contributed by atoms with van der Waals surface area (Å²) in [5.41, 5.74) is 0. The molecule has 2 N–H and O–H groups in total. The molecule has 0 radical (unpaired) electrons. The fraction of sp³-hybridized carbons (Fsp3) is 0.500. The van der Waals surface area contributed by atoms with Gasteiger partial charge in [0.25, 0.3) is 5.91 Å². The Labute approximate surface area is 140 Å². The second-order valence-corrected chi connectivity index (χ2v) is 6.44. The minimum Gasteiger partial charge on any atom is -0.491 e. The topological polar surface area (TPSA) is 78.9 Å². The lowest BCUT2D eigenvalue weighted by atomic mass is 10.0. The highest BCUT2D eigenvalue weighted by Gasteiger charge is 2.38. The third-order valence-corrected chi connectivity index (χ3v) is 3.72. The summed E-state index contributed by atoms with van der Waals surface area (Å²) in [6.07, 6.45) is -0.378. The molecule has 23 heavy (non-hydrogen) atoms. The number of hydrogen-bond acceptors (Lipinski definition) is 4. The first kappa shape index (κ1) is 17.6. The maximum Gasteiger partial charge on any atom is 0.324 e. The van der Waals surface area contributed by atoms with Crippen LogP contribution >= 0.6 is 11.6 Å². The minimum absolute atomic E-state index is 0.0203. The van der Waals surface area contributed by atoms with E-state index >= 15 is 0 Å². The van der Waals surface area contributed by atoms with Crippen molar-refractivity contribution in [2.45, 2.75) is 32.4 Å². The van der Waals surface area contributed by atoms with E-state index in [9.17, 15) is 14.7 Å². The Morgan fingerprint density at radius 2 is 1.96 bits per heavy atom. The summed E-state index contributed by atoms with van der Waals surface area (Å²) in [4.78, 5) is 25.1. The van der Waals surface area contributed by atoms with Crippen molar-refractivity contribution >= 4 is 23.5 Å². The van der Waals surface area contributed by atoms with Gasteiger partial charge in [0, 0.05) is 5.02 Å². The summed E-state index contributed by atoms with van der Waals surface area (Å²) in [5.74, 6) is 0.555. The summed E-state index contributed by atoms with van der Waals surface area (Å²) < 4.78 is 5.42. The number of carbonyl (C=O) groups excluding carboxylic acids is 2. The predicted molar refractivity (Wildman–Crippen MR) is 86.4 cm³/mol. The molecule has 1 saturated heterocycles. The van der Waals surface area contributed by atoms with Crippen LogP contribution in [-0.4, -0.2) is 47.2 Å². The molecule has 1 aliphatic heterocycles. The molecule has 1 aromatic carbocycles. The van der Waals surface area contributed by atoms with Crippen LogP contribution in [0.15, 0.2) is 24.3 Å². The molecule has 2 rings (SSSR count). The Bertz CT molecular complexity index is 562. The number of halogens is 1. The second-order valence-electron chi connectivity index (χ2n) is 6.00. The Balaban J connectivity index is 1.84. The molecule has 0 aromatic heterocycles. The summed E-state index contributed by atoms with van der Waals surface area (Å²) in [5, 5.41) is 13.2. The maximum absolute atomic E-state index is 12.2. The van der Waals surface area contributed by atoms with E-state index in [0.717, 1.165) is 4.90 Å². The van der Waals surface area contributed by atoms with E-state index in [0.29, 0.717) is 23.1 Å². The van der Waals surface area contributed by atoms with E-state index in [4.69, 9.17) is 16.3 Å². The zero-order chi connectivity index (χ0) is 17.0. The number of β-amino-alcohol motifs (C(OH)–C–C–N with tert-alkyl or cyclic N) is 1. The highest BCUT2D eigenvalue weighted by molar-refractivity contribution is 6.30. The minimum atomic E-state index is -0.960. The van der Waals surface area contributed by atoms with Crippen molar-refractivity contribution in [2.24, 2.45) is 5.92 Å². The average Bonchev–Trinajstić information content (AvgIpc) is 2.73. The van der Waals surface area contributed by atoms with Crippen molar-refractivity contribution in [1.82, 2.24) is 10.2 Å². The van der Waals surface area contributed by atoms with Gasteiger partial charge in [-0.25, -0.2) is 4.79 Å². The quantitative estimate of drug-likeness (QED) is 0.744. The molecule has 0 unspecified atom stereocenters. The first-order valence-electron chi connectivity index (χ1n) is 7.55. The molecule has 7 heteroatoms. The van der Waals surface area contributed by atoms with Crippen LogP contribution in [0.2, 0.25) is 5.02 Å². The monoisotopic (exact) mass is 340 g/mol. The summed E-state index contributed by atoms with van der Waals surface area (Å²) in [6, 6.07) is 5.75. The van der Waals surface area contributed by atoms with Gasteiger partial charge < -0.3 is 15.2 Å². The van der Waals surface area contributed by atoms with Gasteiger partial charge in [-0.2, -0.15) is 0 Å². The first-order valence-corrected chi connectivity index (χ1v) is 7.93. The number of hydrogen-bond donors (Lipinski definition) is 2. The van der Waals surface area contributed by atoms with Gasteiger partial charge in [-0.3, -0.25) is 9.69 Å². The lowest BCUT2D eigenvalue weighted by molar-refractivity contribution is -0.128. The molecule has 6 nitrogen and oxygen atoms in total. The fourth-order valence-corrected chi connectivity index (χ4v) is 2.49. The maximum atomic E-state index is 12.2. The van der Waals surface area contributed by atoms with Crippen LogP contribution < -0.4 is 10.1 Å². The number of carbonyl (C=O) groups is 2. The normalized spacial score (nSPS) is 19.2. The molecular weight excluding hydrogens is 320 g/mol. The number of imide groups is 1. The molecule has 126 valence electrons. The van der Waals surface area contributed by atoms with E-state index in [2.05, 4.69) is 5.32 Å². The highest BCUT2D eigenvalue weighted by atomic mass is 35.5. The molecule has 0 aliphatic carbocycles. The summed E-state index contributed by atoms with van der Waals surface area (Å²) in [6.45, 7) is 3.86. The molecule has 1 aromatic rings. The number of ether oxygens (including phenoxy) is 1. The van der Waals surface area contributed by atoms with Crippen molar-refractivity contribution in [3.05, 3.63) is 29.3 Å². The summed E-state index contributed by atoms with van der Waals surface area (Å²) in [7, 11) is 0. The SMILES string of the molecule is CC(C)C[C@@H]1NC(=O)N(C[C@@H](O)COc2ccc(Cl)cc2)C1=O. The van der Waals surface area contributed by atoms with Crippen molar-refractivity contribution in [3.8, 4) is 5.75 Å². The van der Waals surface area contributed by atoms with E-state index in [1.807, 2.05) is 13.8 Å². The number of urea groups is 1. The van der Waals surface area contributed by atoms with E-state index < -0.39 is 18.2 Å². The van der Waals surface area contributed by atoms with Crippen LogP contribution in [0.4, 0.5) is 4.79 Å². The van der Waals surface area contributed by atoms with Gasteiger partial charge in [0.2, 0.25) is 0 Å². The third kappa shape index (κ3) is 4.84. The molecule has 1 aliphatic rings. The molecule has 1 heterocycles. The Morgan fingerprint density at radius 1 is 1.30 bits per heavy atom. The number of nitrogens with one attached hydrogen (secondary N) is 1. The molecule has 0 spiro atoms. The third-order valence-electron chi connectivity index (χ3n) is 3.46. The standard InChI is InChI=1S/C16H21ClN2O4/c1-10(2)7-14-15(21)19(16(22)18-14)8-12(20)9-23-13-5-3-11(17)4-6-13/h3-6,10,12,14,20H,7-9H2,1-2H3,(H,18,22)/t12-,14+/m1/s1. The molecule has 1 fully saturated rings. The van der Waals surface area contributed by atoms with Gasteiger partial charge in [0.05, 0.1) is 6.54 Å². The van der Waals surface area contributed by atoms with Gasteiger partial charge in [0.15, 0.2) is 0 Å². The zero-order valence-electron chi connectivity index (χ0n) is 13.2. The number of aliphatic hydroxyl groups is 1. The van der Waals surface area contributed by atoms with Crippen molar-refractivity contribution in [3.63, 3.8) is 0 Å². The molecule has 3 amide bonds. The summed E-state index contributed by atoms with van der Waals surface area (Å²) >= 11 is 5.78. The van der Waals surface area contributed by atoms with Crippen molar-refractivity contribution in [1.29, 1.82) is 0 Å². The van der Waals surface area contributed by atoms with Crippen LogP contribution in [0.1, 0.15) is 20.3 Å². The van der Waals surface area contributed by atoms with Crippen LogP contribution in [0.5, 0.6) is 5.75 Å². The van der Waals surface area contributed by atoms with Crippen LogP contribution in [0.25, 0.3) is 0 Å². The van der Waals surface area contributed by atoms with E-state index in [1.54, 1.807) is 24.3 Å². The van der Waals surface area contributed by atoms with Crippen LogP contribution in [-0.2, 0) is 4.79 Å². The lowest BCUT2D eigenvalue weighted by Crippen LogP contribution is -2.40. The smallest absolute Gasteiger partial charge is 0.324 e. The van der Waals surface area contributed by atoms with E-state index in [1.165, 1.54) is 0 Å². The fourth-order valence-electron chi connectivity index (χ4n) is 2.37. The molecular formula is C16H21ClN2O4. The van der Waals surface area contributed by atoms with Crippen molar-refractivity contribution < 1.29 is 19.4 Å². The molecule has 2 atom stereocenters. The number of rotatable bonds is 7. The van der Waals surface area contributed by atoms with Crippen LogP contribution in [0, 0.1) is 5.92 Å². The highest BCUT2D eigenvalue weighted by Crippen LogP contribution is 2.17. The van der Waals surface area contributed by atoms with Gasteiger partial charge in [-0.15, -0.1) is 0 Å². The van der Waals surface area contributed by atoms with E-state index in [-0.39, 0.29) is 19.1 Å². The number of amides is 3. The Hall–Kier alpha value is -1.79. The van der Waals surface area contributed by atoms with Gasteiger partial charge >= 0.3 is 6.03 Å². The molecule has 0 saturated carbocycles. The predicted octanol–water partition coefficient (Wildman–Crippen LogP) is 2.05. The van der Waals surface area contributed by atoms with Gasteiger partial charge in [0.1, 0.15) is 24.5 Å². The van der Waals surface area contributed by atoms with Gasteiger partial charge in [-0.05, 0) is 36.6 Å². The number of aliphatic hydroxyl groups excluding tert-OH is 1.